The SMILES string of the molecule is CNN(C)SOc1ccccc1. The normalized spacial score (nSPS) is 10.2. The molecule has 0 saturated heterocycles. The highest BCUT2D eigenvalue weighted by Crippen LogP contribution is 2.15. The van der Waals surface area contributed by atoms with Crippen LogP contribution in [0.4, 0.5) is 0 Å². The highest BCUT2D eigenvalue weighted by atomic mass is 32.2. The monoisotopic (exact) mass is 184 g/mol. The summed E-state index contributed by atoms with van der Waals surface area (Å²) in [4.78, 5) is 0. The molecule has 0 spiro atoms. The summed E-state index contributed by atoms with van der Waals surface area (Å²) < 4.78 is 7.11. The van der Waals surface area contributed by atoms with Crippen LogP contribution >= 0.6 is 12.2 Å². The number of hydrazine groups is 1. The molecule has 0 aliphatic heterocycles. The lowest BCUT2D eigenvalue weighted by molar-refractivity contribution is 0.433. The molecule has 0 heterocycles. The highest BCUT2D eigenvalue weighted by Gasteiger charge is 1.96. The lowest BCUT2D eigenvalue weighted by atomic mass is 10.3. The van der Waals surface area contributed by atoms with Gasteiger partial charge in [-0.05, 0) is 19.2 Å². The smallest absolute Gasteiger partial charge is 0.161 e. The molecule has 0 aromatic heterocycles. The third kappa shape index (κ3) is 3.13. The molecule has 0 amide bonds. The minimum Gasteiger partial charge on any atom is -0.409 e. The van der Waals surface area contributed by atoms with Crippen molar-refractivity contribution in [1.29, 1.82) is 0 Å². The van der Waals surface area contributed by atoms with Gasteiger partial charge in [0, 0.05) is 7.05 Å². The van der Waals surface area contributed by atoms with Gasteiger partial charge in [0.15, 0.2) is 12.2 Å². The van der Waals surface area contributed by atoms with Crippen molar-refractivity contribution in [1.82, 2.24) is 9.84 Å². The van der Waals surface area contributed by atoms with Gasteiger partial charge in [-0.2, -0.15) is 4.41 Å². The molecule has 0 radical (unpaired) electrons. The molecular weight excluding hydrogens is 172 g/mol. The quantitative estimate of drug-likeness (QED) is 0.437. The van der Waals surface area contributed by atoms with Crippen LogP contribution in [0, 0.1) is 0 Å². The Morgan fingerprint density at radius 3 is 2.58 bits per heavy atom. The lowest BCUT2D eigenvalue weighted by Gasteiger charge is -2.12. The van der Waals surface area contributed by atoms with E-state index >= 15 is 0 Å². The average Bonchev–Trinajstić information content (AvgIpc) is 2.16. The van der Waals surface area contributed by atoms with Crippen LogP contribution in [0.5, 0.6) is 5.75 Å². The largest absolute Gasteiger partial charge is 0.409 e. The Balaban J connectivity index is 2.33. The average molecular weight is 184 g/mol. The highest BCUT2D eigenvalue weighted by molar-refractivity contribution is 7.92. The predicted molar refractivity (Wildman–Crippen MR) is 51.5 cm³/mol. The fourth-order valence-corrected chi connectivity index (χ4v) is 0.996. The molecule has 1 rings (SSSR count). The number of benzene rings is 1. The maximum absolute atomic E-state index is 5.34. The van der Waals surface area contributed by atoms with Gasteiger partial charge in [-0.1, -0.05) is 18.2 Å². The second-order valence-corrected chi connectivity index (χ2v) is 3.06. The molecule has 0 aliphatic carbocycles. The number of para-hydroxylation sites is 1. The Hall–Kier alpha value is -0.710. The number of hydrogen-bond donors (Lipinski definition) is 1. The molecular formula is C8H12N2OS. The van der Waals surface area contributed by atoms with E-state index in [0.29, 0.717) is 0 Å². The molecule has 0 saturated carbocycles. The molecule has 0 aliphatic rings. The van der Waals surface area contributed by atoms with Crippen molar-refractivity contribution in [3.05, 3.63) is 30.3 Å². The molecule has 1 aromatic carbocycles. The van der Waals surface area contributed by atoms with Gasteiger partial charge in [-0.3, -0.25) is 0 Å². The zero-order chi connectivity index (χ0) is 8.81. The van der Waals surface area contributed by atoms with E-state index < -0.39 is 0 Å². The molecule has 0 bridgehead atoms. The Labute approximate surface area is 77.0 Å². The maximum Gasteiger partial charge on any atom is 0.161 e. The van der Waals surface area contributed by atoms with Gasteiger partial charge in [-0.15, -0.1) is 0 Å². The third-order valence-corrected chi connectivity index (χ3v) is 1.98. The van der Waals surface area contributed by atoms with Crippen LogP contribution in [0.1, 0.15) is 0 Å². The van der Waals surface area contributed by atoms with Crippen LogP contribution in [-0.2, 0) is 0 Å². The third-order valence-electron chi connectivity index (χ3n) is 1.30. The van der Waals surface area contributed by atoms with Crippen molar-refractivity contribution >= 4 is 12.2 Å². The van der Waals surface area contributed by atoms with Crippen molar-refractivity contribution in [2.45, 2.75) is 0 Å². The molecule has 4 heteroatoms. The molecule has 0 fully saturated rings. The van der Waals surface area contributed by atoms with Gasteiger partial charge in [-0.25, -0.2) is 5.43 Å². The molecule has 3 nitrogen and oxygen atoms in total. The molecule has 0 atom stereocenters. The fraction of sp³-hybridized carbons (Fsp3) is 0.250. The van der Waals surface area contributed by atoms with Crippen LogP contribution in [0.3, 0.4) is 0 Å². The van der Waals surface area contributed by atoms with Crippen molar-refractivity contribution in [3.8, 4) is 5.75 Å². The summed E-state index contributed by atoms with van der Waals surface area (Å²) >= 11 is 1.25. The van der Waals surface area contributed by atoms with Crippen molar-refractivity contribution in [2.75, 3.05) is 14.1 Å². The van der Waals surface area contributed by atoms with E-state index in [4.69, 9.17) is 4.18 Å². The second kappa shape index (κ2) is 5.03. The van der Waals surface area contributed by atoms with Gasteiger partial charge in [0.25, 0.3) is 0 Å². The van der Waals surface area contributed by atoms with E-state index in [1.165, 1.54) is 12.2 Å². The number of nitrogens with one attached hydrogen (secondary N) is 1. The summed E-state index contributed by atoms with van der Waals surface area (Å²) in [7, 11) is 3.72. The van der Waals surface area contributed by atoms with Crippen LogP contribution in [-0.4, -0.2) is 18.5 Å². The van der Waals surface area contributed by atoms with Crippen molar-refractivity contribution in [2.24, 2.45) is 0 Å². The molecule has 1 aromatic rings. The first-order valence-corrected chi connectivity index (χ1v) is 4.33. The van der Waals surface area contributed by atoms with Gasteiger partial charge >= 0.3 is 0 Å². The summed E-state index contributed by atoms with van der Waals surface area (Å²) in [5, 5.41) is 0. The number of hydrogen-bond acceptors (Lipinski definition) is 4. The van der Waals surface area contributed by atoms with Crippen molar-refractivity contribution in [3.63, 3.8) is 0 Å². The second-order valence-electron chi connectivity index (χ2n) is 2.19. The molecule has 1 N–H and O–H groups in total. The minimum atomic E-state index is 0.851. The topological polar surface area (TPSA) is 24.5 Å². The van der Waals surface area contributed by atoms with Crippen LogP contribution in [0.15, 0.2) is 30.3 Å². The fourth-order valence-electron chi connectivity index (χ4n) is 0.612. The van der Waals surface area contributed by atoms with Gasteiger partial charge in [0.2, 0.25) is 0 Å². The predicted octanol–water partition coefficient (Wildman–Crippen LogP) is 1.69. The number of rotatable bonds is 4. The van der Waals surface area contributed by atoms with Crippen LogP contribution < -0.4 is 9.61 Å². The summed E-state index contributed by atoms with van der Waals surface area (Å²) in [5.74, 6) is 0.851. The van der Waals surface area contributed by atoms with E-state index in [0.717, 1.165) is 5.75 Å². The lowest BCUT2D eigenvalue weighted by Crippen LogP contribution is -2.24. The summed E-state index contributed by atoms with van der Waals surface area (Å²) in [6, 6.07) is 9.66. The van der Waals surface area contributed by atoms with Gasteiger partial charge in [0.1, 0.15) is 5.75 Å². The Kier molecular flexibility index (Phi) is 3.93. The molecule has 0 unspecified atom stereocenters. The Bertz CT molecular complexity index is 218. The van der Waals surface area contributed by atoms with Gasteiger partial charge in [0.05, 0.1) is 0 Å². The standard InChI is InChI=1S/C8H12N2OS/c1-9-10(2)12-11-8-6-4-3-5-7-8/h3-7,9H,1-2H3. The zero-order valence-electron chi connectivity index (χ0n) is 7.15. The van der Waals surface area contributed by atoms with Crippen LogP contribution in [0.25, 0.3) is 0 Å². The van der Waals surface area contributed by atoms with E-state index in [9.17, 15) is 0 Å². The van der Waals surface area contributed by atoms with E-state index in [-0.39, 0.29) is 0 Å². The Morgan fingerprint density at radius 1 is 1.33 bits per heavy atom. The van der Waals surface area contributed by atoms with Crippen molar-refractivity contribution < 1.29 is 4.18 Å². The molecule has 66 valence electrons. The Morgan fingerprint density at radius 2 is 2.00 bits per heavy atom. The summed E-state index contributed by atoms with van der Waals surface area (Å²) in [5.41, 5.74) is 2.91. The van der Waals surface area contributed by atoms with E-state index in [1.54, 1.807) is 4.41 Å². The van der Waals surface area contributed by atoms with E-state index in [2.05, 4.69) is 5.43 Å². The van der Waals surface area contributed by atoms with E-state index in [1.807, 2.05) is 44.4 Å². The minimum absolute atomic E-state index is 0.851. The zero-order valence-corrected chi connectivity index (χ0v) is 7.97. The maximum atomic E-state index is 5.34. The first-order valence-electron chi connectivity index (χ1n) is 3.63. The summed E-state index contributed by atoms with van der Waals surface area (Å²) in [6.45, 7) is 0. The summed E-state index contributed by atoms with van der Waals surface area (Å²) in [6.07, 6.45) is 0. The number of nitrogens with zero attached hydrogens (tertiary/aromatic N) is 1. The van der Waals surface area contributed by atoms with Crippen LogP contribution in [0.2, 0.25) is 0 Å². The molecule has 12 heavy (non-hydrogen) atoms. The first kappa shape index (κ1) is 9.38. The van der Waals surface area contributed by atoms with Gasteiger partial charge < -0.3 is 4.18 Å². The first-order chi connectivity index (χ1) is 5.83.